The zero-order valence-electron chi connectivity index (χ0n) is 9.16. The summed E-state index contributed by atoms with van der Waals surface area (Å²) in [6.45, 7) is 4.44. The summed E-state index contributed by atoms with van der Waals surface area (Å²) in [5.74, 6) is 0.733. The fraction of sp³-hybridized carbons (Fsp3) is 0.500. The Labute approximate surface area is 86.1 Å². The van der Waals surface area contributed by atoms with Gasteiger partial charge in [0.25, 0.3) is 0 Å². The summed E-state index contributed by atoms with van der Waals surface area (Å²) < 4.78 is 0. The van der Waals surface area contributed by atoms with Crippen LogP contribution in [0.15, 0.2) is 24.3 Å². The number of hydrogen-bond acceptors (Lipinski definition) is 2. The highest BCUT2D eigenvalue weighted by molar-refractivity contribution is 5.47. The number of rotatable bonds is 4. The van der Waals surface area contributed by atoms with Crippen molar-refractivity contribution in [3.8, 4) is 0 Å². The van der Waals surface area contributed by atoms with Crippen LogP contribution in [0.3, 0.4) is 0 Å². The molecular formula is C12H18NO-. The van der Waals surface area contributed by atoms with E-state index in [0.717, 1.165) is 23.1 Å². The first kappa shape index (κ1) is 11.1. The molecule has 0 aliphatic carbocycles. The molecule has 78 valence electrons. The number of nitrogens with zero attached hydrogens (tertiary/aromatic N) is 1. The Kier molecular flexibility index (Phi) is 3.96. The molecule has 0 unspecified atom stereocenters. The van der Waals surface area contributed by atoms with Gasteiger partial charge >= 0.3 is 0 Å². The van der Waals surface area contributed by atoms with E-state index in [1.807, 2.05) is 24.3 Å². The molecule has 0 saturated heterocycles. The second kappa shape index (κ2) is 5.01. The van der Waals surface area contributed by atoms with Crippen LogP contribution in [0.1, 0.15) is 25.8 Å². The van der Waals surface area contributed by atoms with Gasteiger partial charge in [0.1, 0.15) is 0 Å². The van der Waals surface area contributed by atoms with Gasteiger partial charge in [0.05, 0.1) is 0 Å². The van der Waals surface area contributed by atoms with Gasteiger partial charge in [-0.1, -0.05) is 26.0 Å². The van der Waals surface area contributed by atoms with Crippen molar-refractivity contribution < 1.29 is 0 Å². The van der Waals surface area contributed by atoms with E-state index in [0.29, 0.717) is 0 Å². The average molecular weight is 192 g/mol. The molecule has 1 aromatic rings. The third-order valence-electron chi connectivity index (χ3n) is 2.31. The Hall–Kier alpha value is -1.02. The van der Waals surface area contributed by atoms with Crippen molar-refractivity contribution in [2.75, 3.05) is 12.1 Å². The smallest absolute Gasteiger partial charge is 0.0257 e. The monoisotopic (exact) mass is 192 g/mol. The maximum Gasteiger partial charge on any atom is 0.0257 e. The maximum atomic E-state index is 10.9. The van der Waals surface area contributed by atoms with Crippen molar-refractivity contribution in [2.45, 2.75) is 26.7 Å². The molecule has 14 heavy (non-hydrogen) atoms. The molecule has 0 spiro atoms. The highest BCUT2D eigenvalue weighted by atomic mass is 16.5. The maximum absolute atomic E-state index is 10.9. The molecule has 0 fully saturated rings. The van der Waals surface area contributed by atoms with Gasteiger partial charge < -0.3 is 10.3 Å². The predicted molar refractivity (Wildman–Crippen MR) is 61.4 cm³/mol. The van der Waals surface area contributed by atoms with Crippen molar-refractivity contribution in [3.63, 3.8) is 0 Å². The van der Waals surface area contributed by atoms with Gasteiger partial charge in [-0.25, -0.2) is 0 Å². The SMILES string of the molecule is CC(C)CCc1ccc(N(C)[O-])cc1. The van der Waals surface area contributed by atoms with Crippen LogP contribution in [0.4, 0.5) is 5.69 Å². The van der Waals surface area contributed by atoms with E-state index in [-0.39, 0.29) is 0 Å². The molecule has 0 aliphatic rings. The Balaban J connectivity index is 2.55. The summed E-state index contributed by atoms with van der Waals surface area (Å²) in [5, 5.41) is 11.8. The number of benzene rings is 1. The second-order valence-electron chi connectivity index (χ2n) is 4.10. The minimum atomic E-state index is 0.721. The molecule has 0 amide bonds. The summed E-state index contributed by atoms with van der Waals surface area (Å²) in [6, 6.07) is 7.82. The Morgan fingerprint density at radius 2 is 1.79 bits per heavy atom. The summed E-state index contributed by atoms with van der Waals surface area (Å²) in [6.07, 6.45) is 2.30. The first-order valence-corrected chi connectivity index (χ1v) is 5.09. The van der Waals surface area contributed by atoms with Gasteiger partial charge in [0.15, 0.2) is 0 Å². The minimum absolute atomic E-state index is 0.721. The minimum Gasteiger partial charge on any atom is -0.758 e. The van der Waals surface area contributed by atoms with Crippen LogP contribution in [-0.2, 0) is 6.42 Å². The van der Waals surface area contributed by atoms with E-state index in [9.17, 15) is 5.21 Å². The van der Waals surface area contributed by atoms with E-state index in [2.05, 4.69) is 13.8 Å². The number of aryl methyl sites for hydroxylation is 1. The van der Waals surface area contributed by atoms with Gasteiger partial charge in [0, 0.05) is 5.69 Å². The molecule has 0 atom stereocenters. The highest BCUT2D eigenvalue weighted by Crippen LogP contribution is 2.15. The van der Waals surface area contributed by atoms with Gasteiger partial charge in [0.2, 0.25) is 0 Å². The normalized spacial score (nSPS) is 10.6. The summed E-state index contributed by atoms with van der Waals surface area (Å²) in [7, 11) is 1.52. The lowest BCUT2D eigenvalue weighted by Crippen LogP contribution is -2.05. The molecule has 2 nitrogen and oxygen atoms in total. The van der Waals surface area contributed by atoms with Crippen LogP contribution in [0.25, 0.3) is 0 Å². The molecule has 0 heterocycles. The van der Waals surface area contributed by atoms with Gasteiger partial charge in [-0.05, 0) is 43.5 Å². The zero-order chi connectivity index (χ0) is 10.6. The van der Waals surface area contributed by atoms with Crippen LogP contribution in [0.2, 0.25) is 0 Å². The van der Waals surface area contributed by atoms with Crippen molar-refractivity contribution in [3.05, 3.63) is 35.0 Å². The molecular weight excluding hydrogens is 174 g/mol. The Bertz CT molecular complexity index is 264. The molecule has 0 N–H and O–H groups in total. The largest absolute Gasteiger partial charge is 0.758 e. The van der Waals surface area contributed by atoms with Crippen molar-refractivity contribution in [1.82, 2.24) is 0 Å². The first-order valence-electron chi connectivity index (χ1n) is 5.09. The fourth-order valence-electron chi connectivity index (χ4n) is 1.33. The molecule has 0 radical (unpaired) electrons. The number of anilines is 1. The summed E-state index contributed by atoms with van der Waals surface area (Å²) in [5.41, 5.74) is 2.03. The van der Waals surface area contributed by atoms with E-state index >= 15 is 0 Å². The van der Waals surface area contributed by atoms with Crippen molar-refractivity contribution in [1.29, 1.82) is 0 Å². The van der Waals surface area contributed by atoms with Gasteiger partial charge in [-0.3, -0.25) is 0 Å². The van der Waals surface area contributed by atoms with Crippen LogP contribution in [0, 0.1) is 11.1 Å². The van der Waals surface area contributed by atoms with Crippen molar-refractivity contribution in [2.24, 2.45) is 5.92 Å². The Morgan fingerprint density at radius 1 is 1.21 bits per heavy atom. The lowest BCUT2D eigenvalue weighted by molar-refractivity contribution is 0.587. The van der Waals surface area contributed by atoms with Crippen LogP contribution >= 0.6 is 0 Å². The third kappa shape index (κ3) is 3.38. The molecule has 0 bridgehead atoms. The zero-order valence-corrected chi connectivity index (χ0v) is 9.16. The lowest BCUT2D eigenvalue weighted by Gasteiger charge is -2.24. The average Bonchev–Trinajstić information content (AvgIpc) is 2.15. The Morgan fingerprint density at radius 3 is 2.21 bits per heavy atom. The topological polar surface area (TPSA) is 26.3 Å². The summed E-state index contributed by atoms with van der Waals surface area (Å²) >= 11 is 0. The first-order chi connectivity index (χ1) is 6.59. The van der Waals surface area contributed by atoms with E-state index in [1.54, 1.807) is 0 Å². The number of hydrogen-bond donors (Lipinski definition) is 0. The predicted octanol–water partition coefficient (Wildman–Crippen LogP) is 3.21. The van der Waals surface area contributed by atoms with Crippen LogP contribution < -0.4 is 5.06 Å². The highest BCUT2D eigenvalue weighted by Gasteiger charge is 1.97. The van der Waals surface area contributed by atoms with Crippen LogP contribution in [-0.4, -0.2) is 7.05 Å². The lowest BCUT2D eigenvalue weighted by atomic mass is 10.0. The van der Waals surface area contributed by atoms with E-state index < -0.39 is 0 Å². The van der Waals surface area contributed by atoms with Crippen LogP contribution in [0.5, 0.6) is 0 Å². The van der Waals surface area contributed by atoms with Gasteiger partial charge in [-0.15, -0.1) is 0 Å². The molecule has 1 rings (SSSR count). The molecule has 0 aliphatic heterocycles. The molecule has 0 aromatic heterocycles. The number of hydroxylamine groups is 1. The standard InChI is InChI=1S/C12H18NO/c1-10(2)4-5-11-6-8-12(9-7-11)13(3)14/h6-10H,4-5H2,1-3H3/q-1. The van der Waals surface area contributed by atoms with Gasteiger partial charge in [-0.2, -0.15) is 0 Å². The van der Waals surface area contributed by atoms with E-state index in [4.69, 9.17) is 0 Å². The quantitative estimate of drug-likeness (QED) is 0.685. The third-order valence-corrected chi connectivity index (χ3v) is 2.31. The van der Waals surface area contributed by atoms with Crippen molar-refractivity contribution >= 4 is 5.69 Å². The fourth-order valence-corrected chi connectivity index (χ4v) is 1.33. The summed E-state index contributed by atoms with van der Waals surface area (Å²) in [4.78, 5) is 0. The van der Waals surface area contributed by atoms with E-state index in [1.165, 1.54) is 19.0 Å². The molecule has 0 saturated carbocycles. The molecule has 2 heteroatoms. The molecule has 1 aromatic carbocycles. The second-order valence-corrected chi connectivity index (χ2v) is 4.10.